The molecule has 1 heterocycles. The highest BCUT2D eigenvalue weighted by Gasteiger charge is 2.33. The number of hydrogen-bond donors (Lipinski definition) is 0. The second kappa shape index (κ2) is 8.51. The first-order chi connectivity index (χ1) is 14.0. The lowest BCUT2D eigenvalue weighted by Gasteiger charge is -2.23. The van der Waals surface area contributed by atoms with E-state index >= 15 is 0 Å². The van der Waals surface area contributed by atoms with Crippen molar-refractivity contribution >= 4 is 29.1 Å². The summed E-state index contributed by atoms with van der Waals surface area (Å²) in [4.78, 5) is 18.8. The van der Waals surface area contributed by atoms with Crippen molar-refractivity contribution in [2.45, 2.75) is 38.3 Å². The van der Waals surface area contributed by atoms with E-state index in [2.05, 4.69) is 10.1 Å². The van der Waals surface area contributed by atoms with Crippen LogP contribution in [0, 0.1) is 5.82 Å². The Kier molecular flexibility index (Phi) is 5.83. The molecule has 4 rings (SSSR count). The van der Waals surface area contributed by atoms with E-state index in [9.17, 15) is 9.18 Å². The Morgan fingerprint density at radius 1 is 1.17 bits per heavy atom. The van der Waals surface area contributed by atoms with Crippen LogP contribution in [0.5, 0.6) is 0 Å². The topological polar surface area (TPSA) is 59.2 Å². The SMILES string of the molecule is O=C(CCc1nc(-c2ccc(Cl)cc2)no1)N(Cc1c(F)cccc1Cl)C1CC1. The fourth-order valence-electron chi connectivity index (χ4n) is 3.09. The molecule has 3 aromatic rings. The Morgan fingerprint density at radius 3 is 2.62 bits per heavy atom. The van der Waals surface area contributed by atoms with E-state index in [4.69, 9.17) is 27.7 Å². The van der Waals surface area contributed by atoms with Crippen LogP contribution in [0.3, 0.4) is 0 Å². The maximum absolute atomic E-state index is 14.1. The number of rotatable bonds is 7. The van der Waals surface area contributed by atoms with Crippen LogP contribution in [0.4, 0.5) is 4.39 Å². The lowest BCUT2D eigenvalue weighted by atomic mass is 10.1. The molecule has 1 aliphatic rings. The van der Waals surface area contributed by atoms with E-state index < -0.39 is 5.82 Å². The summed E-state index contributed by atoms with van der Waals surface area (Å²) in [6.45, 7) is 0.162. The molecule has 0 aliphatic heterocycles. The highest BCUT2D eigenvalue weighted by Crippen LogP contribution is 2.31. The Labute approximate surface area is 177 Å². The minimum absolute atomic E-state index is 0.0851. The summed E-state index contributed by atoms with van der Waals surface area (Å²) in [5, 5.41) is 4.91. The fraction of sp³-hybridized carbons (Fsp3) is 0.286. The van der Waals surface area contributed by atoms with Gasteiger partial charge in [0.05, 0.1) is 6.54 Å². The lowest BCUT2D eigenvalue weighted by Crippen LogP contribution is -2.33. The molecule has 5 nitrogen and oxygen atoms in total. The zero-order valence-electron chi connectivity index (χ0n) is 15.4. The van der Waals surface area contributed by atoms with E-state index in [0.29, 0.717) is 33.7 Å². The quantitative estimate of drug-likeness (QED) is 0.506. The molecule has 8 heteroatoms. The molecule has 0 N–H and O–H groups in total. The van der Waals surface area contributed by atoms with Crippen molar-refractivity contribution in [3.8, 4) is 11.4 Å². The zero-order chi connectivity index (χ0) is 20.4. The van der Waals surface area contributed by atoms with Crippen molar-refractivity contribution < 1.29 is 13.7 Å². The van der Waals surface area contributed by atoms with Gasteiger partial charge in [0, 0.05) is 40.1 Å². The molecule has 1 fully saturated rings. The van der Waals surface area contributed by atoms with Crippen LogP contribution in [0.2, 0.25) is 10.0 Å². The third-order valence-electron chi connectivity index (χ3n) is 4.82. The second-order valence-corrected chi connectivity index (χ2v) is 7.82. The van der Waals surface area contributed by atoms with E-state index in [1.807, 2.05) is 0 Å². The van der Waals surface area contributed by atoms with Crippen LogP contribution in [0.15, 0.2) is 47.0 Å². The number of carbonyl (C=O) groups excluding carboxylic acids is 1. The van der Waals surface area contributed by atoms with Crippen LogP contribution >= 0.6 is 23.2 Å². The van der Waals surface area contributed by atoms with Gasteiger partial charge in [-0.1, -0.05) is 34.4 Å². The van der Waals surface area contributed by atoms with E-state index in [0.717, 1.165) is 18.4 Å². The number of carbonyl (C=O) groups is 1. The van der Waals surface area contributed by atoms with Gasteiger partial charge in [0.15, 0.2) is 0 Å². The molecule has 1 aromatic heterocycles. The van der Waals surface area contributed by atoms with Gasteiger partial charge in [-0.3, -0.25) is 4.79 Å². The number of nitrogens with zero attached hydrogens (tertiary/aromatic N) is 3. The number of benzene rings is 2. The molecule has 0 unspecified atom stereocenters. The second-order valence-electron chi connectivity index (χ2n) is 6.97. The van der Waals surface area contributed by atoms with Crippen molar-refractivity contribution in [3.63, 3.8) is 0 Å². The average molecular weight is 434 g/mol. The normalized spacial score (nSPS) is 13.5. The maximum atomic E-state index is 14.1. The lowest BCUT2D eigenvalue weighted by molar-refractivity contribution is -0.132. The molecule has 1 aliphatic carbocycles. The van der Waals surface area contributed by atoms with Crippen molar-refractivity contribution in [2.24, 2.45) is 0 Å². The molecular formula is C21H18Cl2FN3O2. The summed E-state index contributed by atoms with van der Waals surface area (Å²) in [6, 6.07) is 11.8. The van der Waals surface area contributed by atoms with Gasteiger partial charge < -0.3 is 9.42 Å². The van der Waals surface area contributed by atoms with E-state index in [1.54, 1.807) is 41.3 Å². The van der Waals surface area contributed by atoms with Crippen LogP contribution in [-0.4, -0.2) is 27.0 Å². The maximum Gasteiger partial charge on any atom is 0.227 e. The Bertz CT molecular complexity index is 999. The first kappa shape index (κ1) is 19.9. The number of aromatic nitrogens is 2. The van der Waals surface area contributed by atoms with Gasteiger partial charge in [-0.25, -0.2) is 4.39 Å². The summed E-state index contributed by atoms with van der Waals surface area (Å²) >= 11 is 12.0. The molecule has 0 spiro atoms. The summed E-state index contributed by atoms with van der Waals surface area (Å²) in [7, 11) is 0. The van der Waals surface area contributed by atoms with E-state index in [-0.39, 0.29) is 24.9 Å². The van der Waals surface area contributed by atoms with Crippen molar-refractivity contribution in [3.05, 3.63) is 69.8 Å². The summed E-state index contributed by atoms with van der Waals surface area (Å²) in [6.07, 6.45) is 2.34. The minimum atomic E-state index is -0.402. The molecule has 0 bridgehead atoms. The van der Waals surface area contributed by atoms with Crippen LogP contribution < -0.4 is 0 Å². The number of hydrogen-bond acceptors (Lipinski definition) is 4. The summed E-state index contributed by atoms with van der Waals surface area (Å²) < 4.78 is 19.4. The number of halogens is 3. The molecule has 29 heavy (non-hydrogen) atoms. The third-order valence-corrected chi connectivity index (χ3v) is 5.43. The molecule has 0 atom stereocenters. The molecule has 150 valence electrons. The zero-order valence-corrected chi connectivity index (χ0v) is 17.0. The van der Waals surface area contributed by atoms with Crippen LogP contribution in [-0.2, 0) is 17.8 Å². The largest absolute Gasteiger partial charge is 0.339 e. The smallest absolute Gasteiger partial charge is 0.227 e. The van der Waals surface area contributed by atoms with Gasteiger partial charge >= 0.3 is 0 Å². The third kappa shape index (κ3) is 4.77. The van der Waals surface area contributed by atoms with Crippen LogP contribution in [0.1, 0.15) is 30.7 Å². The van der Waals surface area contributed by atoms with Crippen molar-refractivity contribution in [1.82, 2.24) is 15.0 Å². The highest BCUT2D eigenvalue weighted by atomic mass is 35.5. The first-order valence-electron chi connectivity index (χ1n) is 9.32. The van der Waals surface area contributed by atoms with Crippen molar-refractivity contribution in [1.29, 1.82) is 0 Å². The van der Waals surface area contributed by atoms with Crippen molar-refractivity contribution in [2.75, 3.05) is 0 Å². The predicted molar refractivity (Wildman–Crippen MR) is 108 cm³/mol. The molecule has 0 saturated heterocycles. The van der Waals surface area contributed by atoms with Gasteiger partial charge in [-0.15, -0.1) is 0 Å². The molecule has 1 amide bonds. The Balaban J connectivity index is 1.41. The fourth-order valence-corrected chi connectivity index (χ4v) is 3.44. The van der Waals surface area contributed by atoms with E-state index in [1.165, 1.54) is 6.07 Å². The highest BCUT2D eigenvalue weighted by molar-refractivity contribution is 6.31. The van der Waals surface area contributed by atoms with Gasteiger partial charge in [-0.05, 0) is 49.2 Å². The number of aryl methyl sites for hydroxylation is 1. The first-order valence-corrected chi connectivity index (χ1v) is 10.1. The molecule has 0 radical (unpaired) electrons. The minimum Gasteiger partial charge on any atom is -0.339 e. The van der Waals surface area contributed by atoms with Gasteiger partial charge in [-0.2, -0.15) is 4.98 Å². The molecular weight excluding hydrogens is 416 g/mol. The standard InChI is InChI=1S/C21H18Cl2FN3O2/c22-14-6-4-13(5-7-14)21-25-19(29-26-21)10-11-20(28)27(15-8-9-15)12-16-17(23)2-1-3-18(16)24/h1-7,15H,8-12H2. The van der Waals surface area contributed by atoms with Gasteiger partial charge in [0.25, 0.3) is 0 Å². The average Bonchev–Trinajstić information content (AvgIpc) is 3.43. The Morgan fingerprint density at radius 2 is 1.93 bits per heavy atom. The van der Waals surface area contributed by atoms with Gasteiger partial charge in [0.1, 0.15) is 5.82 Å². The summed E-state index contributed by atoms with van der Waals surface area (Å²) in [5.41, 5.74) is 1.13. The van der Waals surface area contributed by atoms with Crippen LogP contribution in [0.25, 0.3) is 11.4 Å². The molecule has 2 aromatic carbocycles. The molecule has 1 saturated carbocycles. The Hall–Kier alpha value is -2.44. The summed E-state index contributed by atoms with van der Waals surface area (Å²) in [5.74, 6) is 0.336. The monoisotopic (exact) mass is 433 g/mol. The number of amides is 1. The predicted octanol–water partition coefficient (Wildman–Crippen LogP) is 5.31. The van der Waals surface area contributed by atoms with Gasteiger partial charge in [0.2, 0.25) is 17.6 Å².